The summed E-state index contributed by atoms with van der Waals surface area (Å²) in [5.74, 6) is 0.860. The zero-order valence-corrected chi connectivity index (χ0v) is 14.7. The quantitative estimate of drug-likeness (QED) is 0.866. The van der Waals surface area contributed by atoms with E-state index in [1.54, 1.807) is 0 Å². The van der Waals surface area contributed by atoms with Gasteiger partial charge in [0.25, 0.3) is 0 Å². The number of anilines is 2. The second kappa shape index (κ2) is 7.32. The molecule has 0 aliphatic carbocycles. The largest absolute Gasteiger partial charge is 0.369 e. The van der Waals surface area contributed by atoms with Crippen LogP contribution in [-0.2, 0) is 10.0 Å². The summed E-state index contributed by atoms with van der Waals surface area (Å²) in [6.45, 7) is 4.39. The van der Waals surface area contributed by atoms with E-state index >= 15 is 0 Å². The topological polar surface area (TPSA) is 78.4 Å². The summed E-state index contributed by atoms with van der Waals surface area (Å²) in [5, 5.41) is 11.3. The number of hydrogen-bond donors (Lipinski definition) is 1. The number of hydrogen-bond acceptors (Lipinski definition) is 6. The smallest absolute Gasteiger partial charge is 0.243 e. The number of benzene rings is 1. The van der Waals surface area contributed by atoms with Crippen LogP contribution >= 0.6 is 0 Å². The van der Waals surface area contributed by atoms with Crippen molar-refractivity contribution in [3.05, 3.63) is 42.2 Å². The molecule has 1 aliphatic heterocycles. The van der Waals surface area contributed by atoms with Gasteiger partial charge >= 0.3 is 0 Å². The molecule has 0 spiro atoms. The molecule has 3 rings (SSSR count). The van der Waals surface area contributed by atoms with Crippen LogP contribution < -0.4 is 10.2 Å². The van der Waals surface area contributed by atoms with Crippen LogP contribution in [0.3, 0.4) is 0 Å². The van der Waals surface area contributed by atoms with E-state index in [2.05, 4.69) is 15.5 Å². The van der Waals surface area contributed by atoms with Crippen LogP contribution in [0.15, 0.2) is 41.3 Å². The third-order valence-electron chi connectivity index (χ3n) is 4.00. The molecule has 134 valence electrons. The van der Waals surface area contributed by atoms with E-state index in [1.165, 1.54) is 22.5 Å². The number of piperazine rings is 1. The first-order chi connectivity index (χ1) is 12.0. The number of halogens is 1. The third kappa shape index (κ3) is 3.88. The summed E-state index contributed by atoms with van der Waals surface area (Å²) in [6, 6.07) is 8.80. The minimum absolute atomic E-state index is 0.0178. The Hall–Kier alpha value is -2.26. The molecule has 0 atom stereocenters. The Morgan fingerprint density at radius 1 is 1.12 bits per heavy atom. The number of nitrogens with one attached hydrogen (secondary N) is 1. The first-order valence-corrected chi connectivity index (χ1v) is 9.53. The molecule has 0 amide bonds. The number of aromatic nitrogens is 2. The lowest BCUT2D eigenvalue weighted by atomic mass is 10.3. The highest BCUT2D eigenvalue weighted by Crippen LogP contribution is 2.20. The molecule has 1 N–H and O–H groups in total. The average molecular weight is 365 g/mol. The Morgan fingerprint density at radius 3 is 2.48 bits per heavy atom. The van der Waals surface area contributed by atoms with Crippen molar-refractivity contribution in [2.24, 2.45) is 0 Å². The van der Waals surface area contributed by atoms with Crippen molar-refractivity contribution < 1.29 is 12.8 Å². The van der Waals surface area contributed by atoms with Crippen molar-refractivity contribution in [2.45, 2.75) is 11.8 Å². The van der Waals surface area contributed by atoms with Crippen molar-refractivity contribution in [1.82, 2.24) is 14.5 Å². The van der Waals surface area contributed by atoms with Gasteiger partial charge in [-0.15, -0.1) is 10.2 Å². The van der Waals surface area contributed by atoms with Gasteiger partial charge in [0.1, 0.15) is 11.6 Å². The predicted molar refractivity (Wildman–Crippen MR) is 93.6 cm³/mol. The summed E-state index contributed by atoms with van der Waals surface area (Å²) in [5.41, 5.74) is 0. The highest BCUT2D eigenvalue weighted by molar-refractivity contribution is 7.89. The zero-order chi connectivity index (χ0) is 17.9. The Bertz CT molecular complexity index is 821. The minimum atomic E-state index is -3.68. The van der Waals surface area contributed by atoms with Gasteiger partial charge in [-0.3, -0.25) is 0 Å². The minimum Gasteiger partial charge on any atom is -0.369 e. The molecular weight excluding hydrogens is 345 g/mol. The Morgan fingerprint density at radius 2 is 1.88 bits per heavy atom. The molecular formula is C16H20FN5O2S. The highest BCUT2D eigenvalue weighted by atomic mass is 32.2. The average Bonchev–Trinajstić information content (AvgIpc) is 2.63. The molecule has 2 heterocycles. The van der Waals surface area contributed by atoms with E-state index in [4.69, 9.17) is 0 Å². The molecule has 1 saturated heterocycles. The Balaban J connectivity index is 1.67. The van der Waals surface area contributed by atoms with E-state index in [0.717, 1.165) is 12.6 Å². The maximum atomic E-state index is 13.3. The SMILES string of the molecule is CCNc1ccc(N2CCN(S(=O)(=O)c3cccc(F)c3)CC2)nn1. The molecule has 1 fully saturated rings. The summed E-state index contributed by atoms with van der Waals surface area (Å²) in [4.78, 5) is 1.97. The molecule has 2 aromatic rings. The molecule has 1 aromatic heterocycles. The fourth-order valence-electron chi connectivity index (χ4n) is 2.70. The van der Waals surface area contributed by atoms with Crippen LogP contribution in [-0.4, -0.2) is 55.6 Å². The molecule has 0 bridgehead atoms. The fraction of sp³-hybridized carbons (Fsp3) is 0.375. The summed E-state index contributed by atoms with van der Waals surface area (Å²) in [6.07, 6.45) is 0. The van der Waals surface area contributed by atoms with Crippen LogP contribution in [0.2, 0.25) is 0 Å². The van der Waals surface area contributed by atoms with Crippen molar-refractivity contribution in [3.63, 3.8) is 0 Å². The van der Waals surface area contributed by atoms with E-state index in [0.29, 0.717) is 37.8 Å². The molecule has 0 radical (unpaired) electrons. The Labute approximate surface area is 146 Å². The van der Waals surface area contributed by atoms with Gasteiger partial charge in [-0.2, -0.15) is 4.31 Å². The lowest BCUT2D eigenvalue weighted by molar-refractivity contribution is 0.383. The van der Waals surface area contributed by atoms with Crippen molar-refractivity contribution in [3.8, 4) is 0 Å². The predicted octanol–water partition coefficient (Wildman–Crippen LogP) is 1.56. The molecule has 0 saturated carbocycles. The van der Waals surface area contributed by atoms with Gasteiger partial charge in [0.15, 0.2) is 5.82 Å². The normalized spacial score (nSPS) is 16.0. The first-order valence-electron chi connectivity index (χ1n) is 8.09. The lowest BCUT2D eigenvalue weighted by Crippen LogP contribution is -2.49. The molecule has 1 aliphatic rings. The van der Waals surface area contributed by atoms with Gasteiger partial charge in [0.05, 0.1) is 4.90 Å². The van der Waals surface area contributed by atoms with E-state index in [-0.39, 0.29) is 4.90 Å². The first kappa shape index (κ1) is 17.6. The van der Waals surface area contributed by atoms with Gasteiger partial charge < -0.3 is 10.2 Å². The number of sulfonamides is 1. The van der Waals surface area contributed by atoms with Gasteiger partial charge in [-0.1, -0.05) is 6.07 Å². The van der Waals surface area contributed by atoms with Crippen LogP contribution in [0.1, 0.15) is 6.92 Å². The maximum absolute atomic E-state index is 13.3. The Kier molecular flexibility index (Phi) is 5.14. The zero-order valence-electron chi connectivity index (χ0n) is 13.9. The van der Waals surface area contributed by atoms with Gasteiger partial charge in [-0.25, -0.2) is 12.8 Å². The summed E-state index contributed by atoms with van der Waals surface area (Å²) < 4.78 is 39.9. The van der Waals surface area contributed by atoms with Gasteiger partial charge in [0.2, 0.25) is 10.0 Å². The second-order valence-electron chi connectivity index (χ2n) is 5.66. The molecule has 1 aromatic carbocycles. The van der Waals surface area contributed by atoms with Crippen LogP contribution in [0, 0.1) is 5.82 Å². The third-order valence-corrected chi connectivity index (χ3v) is 5.90. The molecule has 0 unspecified atom stereocenters. The van der Waals surface area contributed by atoms with Crippen molar-refractivity contribution in [2.75, 3.05) is 42.9 Å². The fourth-order valence-corrected chi connectivity index (χ4v) is 4.16. The molecule has 25 heavy (non-hydrogen) atoms. The van der Waals surface area contributed by atoms with Crippen molar-refractivity contribution in [1.29, 1.82) is 0 Å². The van der Waals surface area contributed by atoms with Crippen LogP contribution in [0.25, 0.3) is 0 Å². The summed E-state index contributed by atoms with van der Waals surface area (Å²) in [7, 11) is -3.68. The van der Waals surface area contributed by atoms with Crippen LogP contribution in [0.5, 0.6) is 0 Å². The van der Waals surface area contributed by atoms with Crippen molar-refractivity contribution >= 4 is 21.7 Å². The monoisotopic (exact) mass is 365 g/mol. The van der Waals surface area contributed by atoms with E-state index in [1.807, 2.05) is 24.0 Å². The number of rotatable bonds is 5. The highest BCUT2D eigenvalue weighted by Gasteiger charge is 2.29. The number of nitrogens with zero attached hydrogens (tertiary/aromatic N) is 4. The van der Waals surface area contributed by atoms with Crippen LogP contribution in [0.4, 0.5) is 16.0 Å². The second-order valence-corrected chi connectivity index (χ2v) is 7.59. The summed E-state index contributed by atoms with van der Waals surface area (Å²) >= 11 is 0. The standard InChI is InChI=1S/C16H20FN5O2S/c1-2-18-15-6-7-16(20-19-15)21-8-10-22(11-9-21)25(23,24)14-5-3-4-13(17)12-14/h3-7,12H,2,8-11H2,1H3,(H,18,19). The molecule has 7 nitrogen and oxygen atoms in total. The van der Waals surface area contributed by atoms with Gasteiger partial charge in [0, 0.05) is 32.7 Å². The van der Waals surface area contributed by atoms with Gasteiger partial charge in [-0.05, 0) is 37.3 Å². The maximum Gasteiger partial charge on any atom is 0.243 e. The molecule has 9 heteroatoms. The van der Waals surface area contributed by atoms with E-state index < -0.39 is 15.8 Å². The lowest BCUT2D eigenvalue weighted by Gasteiger charge is -2.34. The van der Waals surface area contributed by atoms with E-state index in [9.17, 15) is 12.8 Å².